The van der Waals surface area contributed by atoms with Gasteiger partial charge in [-0.05, 0) is 48.5 Å². The third kappa shape index (κ3) is 3.48. The summed E-state index contributed by atoms with van der Waals surface area (Å²) in [7, 11) is 0. The standard InChI is InChI=1S/C24H15Cl2N3O5/c25-16-8-6-13(10-17(16)26)29-23(32)14-7-5-12(9-15(14)24(29)33)22(31)28-11-20(21(27)30)34-19-4-2-1-3-18(19)28/h1-10,20H,11H2,(H2,27,30)/t20-/m0/s1. The maximum absolute atomic E-state index is 13.4. The van der Waals surface area contributed by atoms with Gasteiger partial charge in [-0.25, -0.2) is 4.90 Å². The van der Waals surface area contributed by atoms with Crippen molar-refractivity contribution < 1.29 is 23.9 Å². The lowest BCUT2D eigenvalue weighted by Crippen LogP contribution is -2.49. The lowest BCUT2D eigenvalue weighted by atomic mass is 10.0. The zero-order valence-electron chi connectivity index (χ0n) is 17.3. The van der Waals surface area contributed by atoms with E-state index >= 15 is 0 Å². The van der Waals surface area contributed by atoms with Crippen LogP contribution < -0.4 is 20.3 Å². The molecule has 10 heteroatoms. The normalized spacial score (nSPS) is 16.7. The number of carbonyl (C=O) groups is 4. The van der Waals surface area contributed by atoms with E-state index in [-0.39, 0.29) is 39.0 Å². The molecule has 3 aromatic carbocycles. The number of nitrogens with zero attached hydrogens (tertiary/aromatic N) is 2. The molecule has 0 bridgehead atoms. The summed E-state index contributed by atoms with van der Waals surface area (Å²) >= 11 is 12.0. The Hall–Kier alpha value is -3.88. The van der Waals surface area contributed by atoms with Crippen LogP contribution in [0.5, 0.6) is 5.75 Å². The fraction of sp³-hybridized carbons (Fsp3) is 0.0833. The summed E-state index contributed by atoms with van der Waals surface area (Å²) < 4.78 is 5.60. The molecule has 0 radical (unpaired) electrons. The van der Waals surface area contributed by atoms with E-state index in [0.29, 0.717) is 11.4 Å². The molecule has 0 unspecified atom stereocenters. The average Bonchev–Trinajstić information content (AvgIpc) is 3.09. The summed E-state index contributed by atoms with van der Waals surface area (Å²) in [6.45, 7) is -0.0927. The minimum absolute atomic E-state index is 0.0786. The topological polar surface area (TPSA) is 110 Å². The van der Waals surface area contributed by atoms with Gasteiger partial charge in [0, 0.05) is 5.56 Å². The highest BCUT2D eigenvalue weighted by atomic mass is 35.5. The summed E-state index contributed by atoms with van der Waals surface area (Å²) in [6, 6.07) is 15.4. The van der Waals surface area contributed by atoms with Crippen LogP contribution >= 0.6 is 23.2 Å². The number of amides is 4. The van der Waals surface area contributed by atoms with E-state index in [1.54, 1.807) is 24.3 Å². The number of primary amides is 1. The van der Waals surface area contributed by atoms with Crippen molar-refractivity contribution in [2.24, 2.45) is 5.73 Å². The quantitative estimate of drug-likeness (QED) is 0.557. The van der Waals surface area contributed by atoms with Crippen molar-refractivity contribution in [1.29, 1.82) is 0 Å². The molecule has 0 aromatic heterocycles. The van der Waals surface area contributed by atoms with E-state index in [1.165, 1.54) is 41.3 Å². The van der Waals surface area contributed by atoms with Gasteiger partial charge in [0.25, 0.3) is 23.6 Å². The number of ether oxygens (including phenoxy) is 1. The third-order valence-corrected chi connectivity index (χ3v) is 6.37. The van der Waals surface area contributed by atoms with Crippen molar-refractivity contribution in [3.8, 4) is 5.75 Å². The molecule has 3 aromatic rings. The summed E-state index contributed by atoms with van der Waals surface area (Å²) in [4.78, 5) is 53.6. The van der Waals surface area contributed by atoms with Crippen LogP contribution in [0.2, 0.25) is 10.0 Å². The minimum atomic E-state index is -1.03. The SMILES string of the molecule is NC(=O)[C@@H]1CN(C(=O)c2ccc3c(c2)C(=O)N(c2ccc(Cl)c(Cl)c2)C3=O)c2ccccc2O1. The van der Waals surface area contributed by atoms with Crippen LogP contribution in [0.1, 0.15) is 31.1 Å². The van der Waals surface area contributed by atoms with Crippen LogP contribution in [0.15, 0.2) is 60.7 Å². The fourth-order valence-corrected chi connectivity index (χ4v) is 4.26. The van der Waals surface area contributed by atoms with Crippen LogP contribution in [0.3, 0.4) is 0 Å². The molecular weight excluding hydrogens is 481 g/mol. The molecule has 0 saturated heterocycles. The number of fused-ring (bicyclic) bond motifs is 2. The smallest absolute Gasteiger partial charge is 0.266 e. The Morgan fingerprint density at radius 2 is 1.65 bits per heavy atom. The number of para-hydroxylation sites is 2. The molecule has 2 aliphatic rings. The number of rotatable bonds is 3. The van der Waals surface area contributed by atoms with Crippen LogP contribution in [0, 0.1) is 0 Å². The number of anilines is 2. The Kier molecular flexibility index (Phi) is 5.27. The summed E-state index contributed by atoms with van der Waals surface area (Å²) in [5.74, 6) is -1.98. The number of nitrogens with two attached hydrogens (primary N) is 1. The van der Waals surface area contributed by atoms with Gasteiger partial charge in [0.1, 0.15) is 5.75 Å². The molecule has 2 N–H and O–H groups in total. The summed E-state index contributed by atoms with van der Waals surface area (Å²) in [6.07, 6.45) is -1.03. The molecule has 2 aliphatic heterocycles. The van der Waals surface area contributed by atoms with Gasteiger partial charge in [-0.1, -0.05) is 35.3 Å². The Balaban J connectivity index is 1.50. The third-order valence-electron chi connectivity index (χ3n) is 5.63. The van der Waals surface area contributed by atoms with E-state index in [4.69, 9.17) is 33.7 Å². The first kappa shape index (κ1) is 21.9. The van der Waals surface area contributed by atoms with E-state index in [1.807, 2.05) is 0 Å². The van der Waals surface area contributed by atoms with Gasteiger partial charge in [0.05, 0.1) is 39.1 Å². The van der Waals surface area contributed by atoms with Crippen molar-refractivity contribution in [2.75, 3.05) is 16.3 Å². The molecule has 0 fully saturated rings. The zero-order valence-corrected chi connectivity index (χ0v) is 18.8. The van der Waals surface area contributed by atoms with Crippen molar-refractivity contribution >= 4 is 58.2 Å². The van der Waals surface area contributed by atoms with E-state index in [2.05, 4.69) is 0 Å². The molecule has 5 rings (SSSR count). The lowest BCUT2D eigenvalue weighted by molar-refractivity contribution is -0.124. The number of halogens is 2. The highest BCUT2D eigenvalue weighted by Crippen LogP contribution is 2.36. The number of hydrogen-bond acceptors (Lipinski definition) is 5. The Labute approximate surface area is 203 Å². The van der Waals surface area contributed by atoms with Crippen molar-refractivity contribution in [2.45, 2.75) is 6.10 Å². The van der Waals surface area contributed by atoms with Gasteiger partial charge in [0.15, 0.2) is 6.10 Å². The first-order chi connectivity index (χ1) is 16.3. The van der Waals surface area contributed by atoms with Gasteiger partial charge >= 0.3 is 0 Å². The van der Waals surface area contributed by atoms with Crippen LogP contribution in [-0.2, 0) is 4.79 Å². The molecule has 34 heavy (non-hydrogen) atoms. The molecular formula is C24H15Cl2N3O5. The number of hydrogen-bond donors (Lipinski definition) is 1. The molecule has 0 saturated carbocycles. The van der Waals surface area contributed by atoms with Gasteiger partial charge in [0.2, 0.25) is 0 Å². The largest absolute Gasteiger partial charge is 0.477 e. The summed E-state index contributed by atoms with van der Waals surface area (Å²) in [5.41, 5.74) is 6.54. The Morgan fingerprint density at radius 1 is 0.912 bits per heavy atom. The molecule has 1 atom stereocenters. The maximum Gasteiger partial charge on any atom is 0.266 e. The molecule has 2 heterocycles. The first-order valence-electron chi connectivity index (χ1n) is 10.1. The number of carbonyl (C=O) groups excluding carboxylic acids is 4. The molecule has 8 nitrogen and oxygen atoms in total. The number of imide groups is 1. The van der Waals surface area contributed by atoms with E-state index in [9.17, 15) is 19.2 Å². The van der Waals surface area contributed by atoms with Gasteiger partial charge in [-0.3, -0.25) is 19.2 Å². The van der Waals surface area contributed by atoms with Crippen LogP contribution in [0.25, 0.3) is 0 Å². The first-order valence-corrected chi connectivity index (χ1v) is 10.9. The monoisotopic (exact) mass is 495 g/mol. The van der Waals surface area contributed by atoms with Crippen molar-refractivity contribution in [1.82, 2.24) is 0 Å². The van der Waals surface area contributed by atoms with Gasteiger partial charge in [-0.2, -0.15) is 0 Å². The highest BCUT2D eigenvalue weighted by Gasteiger charge is 2.39. The summed E-state index contributed by atoms with van der Waals surface area (Å²) in [5, 5.41) is 0.483. The fourth-order valence-electron chi connectivity index (χ4n) is 3.96. The second-order valence-corrected chi connectivity index (χ2v) is 8.51. The molecule has 0 spiro atoms. The predicted molar refractivity (Wildman–Crippen MR) is 126 cm³/mol. The van der Waals surface area contributed by atoms with E-state index in [0.717, 1.165) is 4.90 Å². The lowest BCUT2D eigenvalue weighted by Gasteiger charge is -2.33. The molecule has 0 aliphatic carbocycles. The maximum atomic E-state index is 13.4. The minimum Gasteiger partial charge on any atom is -0.477 e. The molecule has 4 amide bonds. The molecule has 170 valence electrons. The van der Waals surface area contributed by atoms with Crippen molar-refractivity contribution in [3.05, 3.63) is 87.4 Å². The van der Waals surface area contributed by atoms with Crippen molar-refractivity contribution in [3.63, 3.8) is 0 Å². The zero-order chi connectivity index (χ0) is 24.1. The highest BCUT2D eigenvalue weighted by molar-refractivity contribution is 6.42. The second kappa shape index (κ2) is 8.16. The predicted octanol–water partition coefficient (Wildman–Crippen LogP) is 3.69. The van der Waals surface area contributed by atoms with E-state index < -0.39 is 29.7 Å². The Morgan fingerprint density at radius 3 is 2.38 bits per heavy atom. The van der Waals surface area contributed by atoms with Crippen LogP contribution in [0.4, 0.5) is 11.4 Å². The second-order valence-electron chi connectivity index (χ2n) is 7.70. The number of benzene rings is 3. The average molecular weight is 496 g/mol. The van der Waals surface area contributed by atoms with Gasteiger partial charge in [-0.15, -0.1) is 0 Å². The Bertz CT molecular complexity index is 1410. The van der Waals surface area contributed by atoms with Crippen LogP contribution in [-0.4, -0.2) is 36.3 Å². The van der Waals surface area contributed by atoms with Gasteiger partial charge < -0.3 is 15.4 Å².